The number of hydrogen-bond donors (Lipinski definition) is 1. The number of carbonyl (C=O) groups is 2. The Balaban J connectivity index is 1.60. The van der Waals surface area contributed by atoms with Gasteiger partial charge in [-0.15, -0.1) is 0 Å². The van der Waals surface area contributed by atoms with Crippen LogP contribution in [-0.4, -0.2) is 60.9 Å². The van der Waals surface area contributed by atoms with Gasteiger partial charge in [-0.3, -0.25) is 9.59 Å². The van der Waals surface area contributed by atoms with Crippen LogP contribution < -0.4 is 0 Å². The van der Waals surface area contributed by atoms with Crippen LogP contribution in [0.2, 0.25) is 0 Å². The van der Waals surface area contributed by atoms with Crippen LogP contribution in [0.3, 0.4) is 0 Å². The number of ether oxygens (including phenoxy) is 2. The number of nitrogens with zero attached hydrogens (tertiary/aromatic N) is 1. The molecule has 0 aliphatic carbocycles. The van der Waals surface area contributed by atoms with Crippen molar-refractivity contribution >= 4 is 11.9 Å². The number of carboxylic acids is 1. The summed E-state index contributed by atoms with van der Waals surface area (Å²) in [5.74, 6) is -0.319. The highest BCUT2D eigenvalue weighted by Gasteiger charge is 2.24. The van der Waals surface area contributed by atoms with Gasteiger partial charge < -0.3 is 19.5 Å². The Morgan fingerprint density at radius 2 is 2.09 bits per heavy atom. The van der Waals surface area contributed by atoms with Crippen molar-refractivity contribution in [1.82, 2.24) is 4.90 Å². The van der Waals surface area contributed by atoms with E-state index >= 15 is 0 Å². The number of carbonyl (C=O) groups excluding carboxylic acids is 1. The van der Waals surface area contributed by atoms with Crippen molar-refractivity contribution in [3.05, 3.63) is 0 Å². The Morgan fingerprint density at radius 3 is 2.82 bits per heavy atom. The van der Waals surface area contributed by atoms with Crippen LogP contribution in [0.5, 0.6) is 0 Å². The number of rotatable bonds is 8. The largest absolute Gasteiger partial charge is 0.481 e. The molecular formula is C16H27NO5. The fraction of sp³-hybridized carbons (Fsp3) is 0.875. The van der Waals surface area contributed by atoms with Crippen molar-refractivity contribution in [2.24, 2.45) is 5.92 Å². The Bertz CT molecular complexity index is 368. The second-order valence-corrected chi connectivity index (χ2v) is 6.24. The average Bonchev–Trinajstić information content (AvgIpc) is 3.03. The molecule has 2 fully saturated rings. The number of aliphatic carboxylic acids is 1. The molecule has 126 valence electrons. The first-order chi connectivity index (χ1) is 10.6. The minimum Gasteiger partial charge on any atom is -0.481 e. The standard InChI is InChI=1S/C16H27NO5/c18-15(7-10-21-12-14-4-2-9-22-14)17-8-1-3-13(11-17)5-6-16(19)20/h13-14H,1-12H2,(H,19,20). The van der Waals surface area contributed by atoms with E-state index in [-0.39, 0.29) is 18.4 Å². The highest BCUT2D eigenvalue weighted by Crippen LogP contribution is 2.21. The predicted octanol–water partition coefficient (Wildman–Crippen LogP) is 1.68. The molecule has 2 unspecified atom stereocenters. The lowest BCUT2D eigenvalue weighted by molar-refractivity contribution is -0.137. The van der Waals surface area contributed by atoms with E-state index in [0.717, 1.165) is 38.8 Å². The second kappa shape index (κ2) is 9.10. The third-order valence-corrected chi connectivity index (χ3v) is 4.43. The molecule has 1 amide bonds. The molecule has 1 N–H and O–H groups in total. The molecular weight excluding hydrogens is 286 g/mol. The highest BCUT2D eigenvalue weighted by molar-refractivity contribution is 5.76. The second-order valence-electron chi connectivity index (χ2n) is 6.24. The summed E-state index contributed by atoms with van der Waals surface area (Å²) >= 11 is 0. The van der Waals surface area contributed by atoms with Crippen LogP contribution in [0.4, 0.5) is 0 Å². The third kappa shape index (κ3) is 5.93. The minimum absolute atomic E-state index is 0.118. The number of piperidine rings is 1. The van der Waals surface area contributed by atoms with E-state index in [9.17, 15) is 9.59 Å². The Kier molecular flexibility index (Phi) is 7.12. The topological polar surface area (TPSA) is 76.1 Å². The first-order valence-corrected chi connectivity index (χ1v) is 8.34. The Labute approximate surface area is 131 Å². The maximum Gasteiger partial charge on any atom is 0.303 e. The zero-order valence-corrected chi connectivity index (χ0v) is 13.2. The first-order valence-electron chi connectivity index (χ1n) is 8.34. The predicted molar refractivity (Wildman–Crippen MR) is 80.6 cm³/mol. The molecule has 2 aliphatic rings. The van der Waals surface area contributed by atoms with Crippen LogP contribution in [-0.2, 0) is 19.1 Å². The van der Waals surface area contributed by atoms with E-state index in [1.54, 1.807) is 0 Å². The molecule has 0 radical (unpaired) electrons. The number of hydrogen-bond acceptors (Lipinski definition) is 4. The van der Waals surface area contributed by atoms with E-state index in [2.05, 4.69) is 0 Å². The minimum atomic E-state index is -0.758. The molecule has 2 aliphatic heterocycles. The molecule has 2 heterocycles. The molecule has 0 spiro atoms. The Hall–Kier alpha value is -1.14. The van der Waals surface area contributed by atoms with Crippen LogP contribution in [0.25, 0.3) is 0 Å². The number of amides is 1. The maximum atomic E-state index is 12.2. The molecule has 0 aromatic rings. The van der Waals surface area contributed by atoms with Crippen LogP contribution in [0, 0.1) is 5.92 Å². The first kappa shape index (κ1) is 17.2. The van der Waals surface area contributed by atoms with Gasteiger partial charge in [0.1, 0.15) is 0 Å². The van der Waals surface area contributed by atoms with Crippen molar-refractivity contribution in [1.29, 1.82) is 0 Å². The monoisotopic (exact) mass is 313 g/mol. The van der Waals surface area contributed by atoms with Crippen molar-refractivity contribution in [2.75, 3.05) is 32.9 Å². The summed E-state index contributed by atoms with van der Waals surface area (Å²) in [6.07, 6.45) is 5.58. The Morgan fingerprint density at radius 1 is 1.23 bits per heavy atom. The summed E-state index contributed by atoms with van der Waals surface area (Å²) in [4.78, 5) is 24.7. The van der Waals surface area contributed by atoms with Gasteiger partial charge in [0.15, 0.2) is 0 Å². The smallest absolute Gasteiger partial charge is 0.303 e. The van der Waals surface area contributed by atoms with E-state index < -0.39 is 5.97 Å². The van der Waals surface area contributed by atoms with Gasteiger partial charge in [0.05, 0.1) is 25.7 Å². The lowest BCUT2D eigenvalue weighted by atomic mass is 9.93. The molecule has 2 atom stereocenters. The number of likely N-dealkylation sites (tertiary alicyclic amines) is 1. The molecule has 6 heteroatoms. The van der Waals surface area contributed by atoms with Crippen LogP contribution in [0.1, 0.15) is 44.9 Å². The van der Waals surface area contributed by atoms with Gasteiger partial charge in [0.2, 0.25) is 5.91 Å². The lowest BCUT2D eigenvalue weighted by Gasteiger charge is -2.32. The highest BCUT2D eigenvalue weighted by atomic mass is 16.5. The van der Waals surface area contributed by atoms with Gasteiger partial charge in [-0.25, -0.2) is 0 Å². The zero-order valence-electron chi connectivity index (χ0n) is 13.2. The SMILES string of the molecule is O=C(O)CCC1CCCN(C(=O)CCOCC2CCCO2)C1. The summed E-state index contributed by atoms with van der Waals surface area (Å²) in [6.45, 7) is 3.31. The molecule has 0 saturated carbocycles. The molecule has 0 aromatic heterocycles. The van der Waals surface area contributed by atoms with Crippen molar-refractivity contribution in [2.45, 2.75) is 51.0 Å². The number of carboxylic acid groups (broad SMARTS) is 1. The molecule has 2 saturated heterocycles. The summed E-state index contributed by atoms with van der Waals surface area (Å²) in [6, 6.07) is 0. The molecule has 0 bridgehead atoms. The molecule has 6 nitrogen and oxygen atoms in total. The quantitative estimate of drug-likeness (QED) is 0.690. The van der Waals surface area contributed by atoms with Crippen LogP contribution >= 0.6 is 0 Å². The summed E-state index contributed by atoms with van der Waals surface area (Å²) in [7, 11) is 0. The van der Waals surface area contributed by atoms with Gasteiger partial charge >= 0.3 is 5.97 Å². The summed E-state index contributed by atoms with van der Waals surface area (Å²) in [5.41, 5.74) is 0. The average molecular weight is 313 g/mol. The normalized spacial score (nSPS) is 25.4. The third-order valence-electron chi connectivity index (χ3n) is 4.43. The maximum absolute atomic E-state index is 12.2. The van der Waals surface area contributed by atoms with Crippen LogP contribution in [0.15, 0.2) is 0 Å². The molecule has 2 rings (SSSR count). The van der Waals surface area contributed by atoms with Gasteiger partial charge in [-0.1, -0.05) is 0 Å². The zero-order chi connectivity index (χ0) is 15.8. The fourth-order valence-electron chi connectivity index (χ4n) is 3.16. The molecule has 0 aromatic carbocycles. The van der Waals surface area contributed by atoms with Gasteiger partial charge in [-0.05, 0) is 38.0 Å². The lowest BCUT2D eigenvalue weighted by Crippen LogP contribution is -2.40. The van der Waals surface area contributed by atoms with Crippen molar-refractivity contribution < 1.29 is 24.2 Å². The molecule has 22 heavy (non-hydrogen) atoms. The fourth-order valence-corrected chi connectivity index (χ4v) is 3.16. The van der Waals surface area contributed by atoms with Crippen molar-refractivity contribution in [3.63, 3.8) is 0 Å². The van der Waals surface area contributed by atoms with E-state index in [1.807, 2.05) is 4.90 Å². The van der Waals surface area contributed by atoms with E-state index in [0.29, 0.717) is 38.5 Å². The van der Waals surface area contributed by atoms with Gasteiger partial charge in [0.25, 0.3) is 0 Å². The van der Waals surface area contributed by atoms with Gasteiger partial charge in [-0.2, -0.15) is 0 Å². The van der Waals surface area contributed by atoms with E-state index in [4.69, 9.17) is 14.6 Å². The van der Waals surface area contributed by atoms with Crippen molar-refractivity contribution in [3.8, 4) is 0 Å². The summed E-state index contributed by atoms with van der Waals surface area (Å²) < 4.78 is 11.0. The summed E-state index contributed by atoms with van der Waals surface area (Å²) in [5, 5.41) is 8.75. The van der Waals surface area contributed by atoms with E-state index in [1.165, 1.54) is 0 Å². The van der Waals surface area contributed by atoms with Gasteiger partial charge in [0, 0.05) is 26.1 Å².